The molecule has 0 aromatic heterocycles. The zero-order valence-corrected chi connectivity index (χ0v) is 11.9. The van der Waals surface area contributed by atoms with Crippen LogP contribution in [-0.4, -0.2) is 48.4 Å². The molecule has 1 saturated carbocycles. The third kappa shape index (κ3) is 3.28. The molecule has 0 unspecified atom stereocenters. The first kappa shape index (κ1) is 14.2. The SMILES string of the molecule is O=C(CN(CCO)C1CCC1)Nc1ccc2c(c1)OCO2. The summed E-state index contributed by atoms with van der Waals surface area (Å²) in [5.74, 6) is 1.28. The minimum atomic E-state index is -0.0748. The number of carbonyl (C=O) groups excluding carboxylic acids is 1. The average Bonchev–Trinajstić information content (AvgIpc) is 2.84. The number of anilines is 1. The minimum absolute atomic E-state index is 0.0748. The standard InChI is InChI=1S/C15H20N2O4/c18-7-6-17(12-2-1-3-12)9-15(19)16-11-4-5-13-14(8-11)21-10-20-13/h4-5,8,12,18H,1-3,6-7,9-10H2,(H,16,19). The Kier molecular flexibility index (Phi) is 4.26. The summed E-state index contributed by atoms with van der Waals surface area (Å²) in [6, 6.07) is 5.78. The largest absolute Gasteiger partial charge is 0.454 e. The number of aliphatic hydroxyl groups is 1. The van der Waals surface area contributed by atoms with Crippen molar-refractivity contribution in [3.63, 3.8) is 0 Å². The lowest BCUT2D eigenvalue weighted by atomic mass is 9.91. The van der Waals surface area contributed by atoms with Gasteiger partial charge < -0.3 is 19.9 Å². The lowest BCUT2D eigenvalue weighted by molar-refractivity contribution is -0.118. The maximum atomic E-state index is 12.1. The van der Waals surface area contributed by atoms with Crippen LogP contribution in [0.1, 0.15) is 19.3 Å². The second kappa shape index (κ2) is 6.32. The maximum absolute atomic E-state index is 12.1. The lowest BCUT2D eigenvalue weighted by Gasteiger charge is -2.36. The van der Waals surface area contributed by atoms with Gasteiger partial charge in [-0.3, -0.25) is 9.69 Å². The molecule has 1 aliphatic heterocycles. The number of hydrogen-bond acceptors (Lipinski definition) is 5. The maximum Gasteiger partial charge on any atom is 0.238 e. The molecule has 114 valence electrons. The molecular weight excluding hydrogens is 272 g/mol. The monoisotopic (exact) mass is 292 g/mol. The van der Waals surface area contributed by atoms with Gasteiger partial charge in [0.1, 0.15) is 0 Å². The van der Waals surface area contributed by atoms with Crippen LogP contribution in [0.5, 0.6) is 11.5 Å². The summed E-state index contributed by atoms with van der Waals surface area (Å²) >= 11 is 0. The number of nitrogens with one attached hydrogen (secondary N) is 1. The molecule has 6 nitrogen and oxygen atoms in total. The molecule has 1 aromatic carbocycles. The molecular formula is C15H20N2O4. The Morgan fingerprint density at radius 1 is 1.33 bits per heavy atom. The van der Waals surface area contributed by atoms with Crippen molar-refractivity contribution in [3.8, 4) is 11.5 Å². The Morgan fingerprint density at radius 2 is 2.14 bits per heavy atom. The summed E-state index contributed by atoms with van der Waals surface area (Å²) in [7, 11) is 0. The highest BCUT2D eigenvalue weighted by atomic mass is 16.7. The number of nitrogens with zero attached hydrogens (tertiary/aromatic N) is 1. The molecule has 1 aromatic rings. The molecule has 0 spiro atoms. The molecule has 0 saturated heterocycles. The third-order valence-electron chi connectivity index (χ3n) is 3.98. The van der Waals surface area contributed by atoms with E-state index in [0.29, 0.717) is 36.3 Å². The third-order valence-corrected chi connectivity index (χ3v) is 3.98. The van der Waals surface area contributed by atoms with Crippen molar-refractivity contribution in [2.24, 2.45) is 0 Å². The molecule has 2 N–H and O–H groups in total. The van der Waals surface area contributed by atoms with Gasteiger partial charge in [0, 0.05) is 24.3 Å². The van der Waals surface area contributed by atoms with E-state index in [1.54, 1.807) is 18.2 Å². The van der Waals surface area contributed by atoms with Gasteiger partial charge in [0.25, 0.3) is 0 Å². The number of ether oxygens (including phenoxy) is 2. The number of rotatable bonds is 6. The molecule has 0 atom stereocenters. The molecule has 0 bridgehead atoms. The van der Waals surface area contributed by atoms with Crippen molar-refractivity contribution in [1.82, 2.24) is 4.90 Å². The van der Waals surface area contributed by atoms with Crippen molar-refractivity contribution in [2.45, 2.75) is 25.3 Å². The van der Waals surface area contributed by atoms with E-state index in [0.717, 1.165) is 12.8 Å². The van der Waals surface area contributed by atoms with E-state index in [4.69, 9.17) is 14.6 Å². The summed E-state index contributed by atoms with van der Waals surface area (Å²) < 4.78 is 10.5. The van der Waals surface area contributed by atoms with Gasteiger partial charge in [-0.25, -0.2) is 0 Å². The Hall–Kier alpha value is -1.79. The second-order valence-corrected chi connectivity index (χ2v) is 5.40. The molecule has 21 heavy (non-hydrogen) atoms. The second-order valence-electron chi connectivity index (χ2n) is 5.40. The summed E-state index contributed by atoms with van der Waals surface area (Å²) in [5.41, 5.74) is 0.696. The Balaban J connectivity index is 1.57. The fraction of sp³-hybridized carbons (Fsp3) is 0.533. The zero-order valence-electron chi connectivity index (χ0n) is 11.9. The summed E-state index contributed by atoms with van der Waals surface area (Å²) in [6.07, 6.45) is 3.42. The van der Waals surface area contributed by atoms with Crippen molar-refractivity contribution in [1.29, 1.82) is 0 Å². The minimum Gasteiger partial charge on any atom is -0.454 e. The van der Waals surface area contributed by atoms with Crippen LogP contribution in [0.15, 0.2) is 18.2 Å². The van der Waals surface area contributed by atoms with Crippen LogP contribution in [0.3, 0.4) is 0 Å². The van der Waals surface area contributed by atoms with E-state index >= 15 is 0 Å². The number of aliphatic hydroxyl groups excluding tert-OH is 1. The topological polar surface area (TPSA) is 71.0 Å². The van der Waals surface area contributed by atoms with Gasteiger partial charge in [-0.05, 0) is 25.0 Å². The fourth-order valence-corrected chi connectivity index (χ4v) is 2.63. The summed E-state index contributed by atoms with van der Waals surface area (Å²) in [5, 5.41) is 12.0. The van der Waals surface area contributed by atoms with Gasteiger partial charge in [-0.2, -0.15) is 0 Å². The van der Waals surface area contributed by atoms with Crippen LogP contribution in [0.25, 0.3) is 0 Å². The van der Waals surface area contributed by atoms with E-state index in [2.05, 4.69) is 5.32 Å². The van der Waals surface area contributed by atoms with Gasteiger partial charge in [0.2, 0.25) is 12.7 Å². The van der Waals surface area contributed by atoms with Crippen molar-refractivity contribution >= 4 is 11.6 Å². The molecule has 0 radical (unpaired) electrons. The lowest BCUT2D eigenvalue weighted by Crippen LogP contribution is -2.45. The molecule has 1 heterocycles. The molecule has 1 fully saturated rings. The van der Waals surface area contributed by atoms with Crippen LogP contribution in [-0.2, 0) is 4.79 Å². The van der Waals surface area contributed by atoms with E-state index < -0.39 is 0 Å². The first-order valence-electron chi connectivity index (χ1n) is 7.30. The van der Waals surface area contributed by atoms with Gasteiger partial charge >= 0.3 is 0 Å². The summed E-state index contributed by atoms with van der Waals surface area (Å²) in [6.45, 7) is 1.14. The van der Waals surface area contributed by atoms with Crippen LogP contribution in [0.2, 0.25) is 0 Å². The van der Waals surface area contributed by atoms with E-state index in [9.17, 15) is 4.79 Å². The molecule has 2 aliphatic rings. The zero-order chi connectivity index (χ0) is 14.7. The number of hydrogen-bond donors (Lipinski definition) is 2. The van der Waals surface area contributed by atoms with E-state index in [1.165, 1.54) is 6.42 Å². The van der Waals surface area contributed by atoms with E-state index in [-0.39, 0.29) is 19.3 Å². The first-order chi connectivity index (χ1) is 10.3. The van der Waals surface area contributed by atoms with Crippen molar-refractivity contribution in [2.75, 3.05) is 31.8 Å². The van der Waals surface area contributed by atoms with Gasteiger partial charge in [0.15, 0.2) is 11.5 Å². The highest BCUT2D eigenvalue weighted by molar-refractivity contribution is 5.92. The van der Waals surface area contributed by atoms with Crippen LogP contribution < -0.4 is 14.8 Å². The molecule has 1 aliphatic carbocycles. The van der Waals surface area contributed by atoms with Gasteiger partial charge in [-0.15, -0.1) is 0 Å². The Morgan fingerprint density at radius 3 is 2.86 bits per heavy atom. The predicted octanol–water partition coefficient (Wildman–Crippen LogP) is 1.20. The number of benzene rings is 1. The van der Waals surface area contributed by atoms with Crippen LogP contribution in [0, 0.1) is 0 Å². The summed E-state index contributed by atoms with van der Waals surface area (Å²) in [4.78, 5) is 14.2. The van der Waals surface area contributed by atoms with Gasteiger partial charge in [-0.1, -0.05) is 6.42 Å². The highest BCUT2D eigenvalue weighted by Crippen LogP contribution is 2.34. The Labute approximate surface area is 123 Å². The highest BCUT2D eigenvalue weighted by Gasteiger charge is 2.26. The quantitative estimate of drug-likeness (QED) is 0.824. The van der Waals surface area contributed by atoms with Crippen molar-refractivity contribution in [3.05, 3.63) is 18.2 Å². The van der Waals surface area contributed by atoms with Crippen molar-refractivity contribution < 1.29 is 19.4 Å². The average molecular weight is 292 g/mol. The van der Waals surface area contributed by atoms with Crippen LogP contribution >= 0.6 is 0 Å². The van der Waals surface area contributed by atoms with Gasteiger partial charge in [0.05, 0.1) is 13.2 Å². The fourth-order valence-electron chi connectivity index (χ4n) is 2.63. The molecule has 3 rings (SSSR count). The smallest absolute Gasteiger partial charge is 0.238 e. The first-order valence-corrected chi connectivity index (χ1v) is 7.30. The molecule has 1 amide bonds. The predicted molar refractivity (Wildman–Crippen MR) is 77.5 cm³/mol. The normalized spacial score (nSPS) is 16.9. The molecule has 6 heteroatoms. The number of fused-ring (bicyclic) bond motifs is 1. The number of amides is 1. The van der Waals surface area contributed by atoms with Crippen LogP contribution in [0.4, 0.5) is 5.69 Å². The Bertz CT molecular complexity index is 516. The van der Waals surface area contributed by atoms with E-state index in [1.807, 2.05) is 4.90 Å². The number of carbonyl (C=O) groups is 1.